The average Bonchev–Trinajstić information content (AvgIpc) is 3.23. The number of hydrogen-bond acceptors (Lipinski definition) is 5. The number of rotatable bonds is 5. The molecule has 0 aromatic carbocycles. The van der Waals surface area contributed by atoms with E-state index >= 15 is 0 Å². The van der Waals surface area contributed by atoms with Gasteiger partial charge in [0, 0.05) is 37.6 Å². The van der Waals surface area contributed by atoms with Crippen LogP contribution in [0.5, 0.6) is 0 Å². The van der Waals surface area contributed by atoms with Crippen molar-refractivity contribution in [2.75, 3.05) is 12.4 Å². The number of carbonyl (C=O) groups is 1. The fourth-order valence-corrected chi connectivity index (χ4v) is 4.53. The van der Waals surface area contributed by atoms with E-state index in [0.717, 1.165) is 15.6 Å². The molecule has 3 rings (SSSR count). The summed E-state index contributed by atoms with van der Waals surface area (Å²) in [5.41, 5.74) is 2.06. The summed E-state index contributed by atoms with van der Waals surface area (Å²) < 4.78 is 32.4. The van der Waals surface area contributed by atoms with Crippen molar-refractivity contribution in [3.8, 4) is 0 Å². The van der Waals surface area contributed by atoms with E-state index in [1.165, 1.54) is 7.05 Å². The van der Waals surface area contributed by atoms with Gasteiger partial charge >= 0.3 is 0 Å². The minimum absolute atomic E-state index is 0.162. The molecule has 0 saturated carbocycles. The lowest BCUT2D eigenvalue weighted by Gasteiger charge is -2.35. The summed E-state index contributed by atoms with van der Waals surface area (Å²) in [6, 6.07) is -1.20. The number of anilines is 1. The van der Waals surface area contributed by atoms with Crippen molar-refractivity contribution >= 4 is 21.8 Å². The maximum atomic E-state index is 12.9. The summed E-state index contributed by atoms with van der Waals surface area (Å²) in [6.07, 6.45) is 5.41. The monoisotopic (exact) mass is 409 g/mol. The molecule has 28 heavy (non-hydrogen) atoms. The van der Waals surface area contributed by atoms with E-state index in [4.69, 9.17) is 0 Å². The molecule has 1 aliphatic heterocycles. The van der Waals surface area contributed by atoms with Gasteiger partial charge in [0.15, 0.2) is 0 Å². The third-order valence-electron chi connectivity index (χ3n) is 4.95. The first-order valence-corrected chi connectivity index (χ1v) is 10.7. The van der Waals surface area contributed by atoms with Crippen LogP contribution in [-0.4, -0.2) is 51.3 Å². The molecule has 0 aliphatic carbocycles. The van der Waals surface area contributed by atoms with Gasteiger partial charge in [0.2, 0.25) is 5.91 Å². The van der Waals surface area contributed by atoms with Crippen molar-refractivity contribution in [2.45, 2.75) is 58.8 Å². The van der Waals surface area contributed by atoms with Crippen LogP contribution in [0, 0.1) is 6.92 Å². The molecule has 10 nitrogen and oxygen atoms in total. The zero-order valence-corrected chi connectivity index (χ0v) is 17.6. The molecule has 2 N–H and O–H groups in total. The summed E-state index contributed by atoms with van der Waals surface area (Å²) >= 11 is 0. The summed E-state index contributed by atoms with van der Waals surface area (Å²) in [6.45, 7) is 8.44. The van der Waals surface area contributed by atoms with Crippen LogP contribution in [0.2, 0.25) is 0 Å². The molecule has 3 heterocycles. The lowest BCUT2D eigenvalue weighted by molar-refractivity contribution is -0.120. The Morgan fingerprint density at radius 1 is 1.39 bits per heavy atom. The highest BCUT2D eigenvalue weighted by atomic mass is 32.2. The van der Waals surface area contributed by atoms with Crippen molar-refractivity contribution in [2.24, 2.45) is 0 Å². The second-order valence-electron chi connectivity index (χ2n) is 7.26. The fourth-order valence-electron chi connectivity index (χ4n) is 3.26. The average molecular weight is 410 g/mol. The number of aryl methyl sites for hydroxylation is 2. The van der Waals surface area contributed by atoms with Crippen LogP contribution in [0.3, 0.4) is 0 Å². The lowest BCUT2D eigenvalue weighted by atomic mass is 10.00. The number of hydrogen-bond donors (Lipinski definition) is 2. The van der Waals surface area contributed by atoms with Crippen LogP contribution in [0.4, 0.5) is 5.69 Å². The van der Waals surface area contributed by atoms with Crippen LogP contribution in [0.25, 0.3) is 0 Å². The second-order valence-corrected chi connectivity index (χ2v) is 9.02. The molecule has 2 aromatic heterocycles. The van der Waals surface area contributed by atoms with E-state index in [1.807, 2.05) is 33.9 Å². The molecule has 1 fully saturated rings. The number of nitrogens with one attached hydrogen (secondary N) is 2. The van der Waals surface area contributed by atoms with Gasteiger partial charge in [-0.05, 0) is 34.1 Å². The number of carbonyl (C=O) groups excluding carboxylic acids is 1. The molecular formula is C17H27N7O3S. The first kappa shape index (κ1) is 20.5. The zero-order chi connectivity index (χ0) is 20.6. The highest BCUT2D eigenvalue weighted by Crippen LogP contribution is 2.30. The van der Waals surface area contributed by atoms with Gasteiger partial charge in [0.1, 0.15) is 6.04 Å². The lowest BCUT2D eigenvalue weighted by Crippen LogP contribution is -2.56. The molecule has 0 unspecified atom stereocenters. The fraction of sp³-hybridized carbons (Fsp3) is 0.588. The minimum atomic E-state index is -3.80. The first-order valence-electron chi connectivity index (χ1n) is 9.26. The van der Waals surface area contributed by atoms with Crippen molar-refractivity contribution < 1.29 is 13.2 Å². The number of nitrogens with zero attached hydrogens (tertiary/aromatic N) is 5. The van der Waals surface area contributed by atoms with Crippen molar-refractivity contribution in [3.63, 3.8) is 0 Å². The molecule has 2 aromatic rings. The van der Waals surface area contributed by atoms with Crippen molar-refractivity contribution in [3.05, 3.63) is 29.8 Å². The molecule has 2 atom stereocenters. The molecule has 11 heteroatoms. The van der Waals surface area contributed by atoms with Crippen LogP contribution in [0.15, 0.2) is 18.6 Å². The van der Waals surface area contributed by atoms with Crippen LogP contribution >= 0.6 is 0 Å². The molecule has 0 bridgehead atoms. The van der Waals surface area contributed by atoms with Crippen molar-refractivity contribution in [1.29, 1.82) is 0 Å². The Hall–Kier alpha value is -2.24. The van der Waals surface area contributed by atoms with Gasteiger partial charge in [-0.1, -0.05) is 0 Å². The van der Waals surface area contributed by atoms with Gasteiger partial charge in [-0.25, -0.2) is 0 Å². The highest BCUT2D eigenvalue weighted by molar-refractivity contribution is 7.87. The maximum Gasteiger partial charge on any atom is 0.280 e. The normalized spacial score (nSPS) is 22.5. The Kier molecular flexibility index (Phi) is 5.60. The van der Waals surface area contributed by atoms with Gasteiger partial charge in [-0.3, -0.25) is 14.2 Å². The van der Waals surface area contributed by atoms with Gasteiger partial charge < -0.3 is 5.32 Å². The molecule has 1 saturated heterocycles. The van der Waals surface area contributed by atoms with Gasteiger partial charge in [-0.2, -0.15) is 27.6 Å². The van der Waals surface area contributed by atoms with Gasteiger partial charge in [0.05, 0.1) is 23.6 Å². The topological polar surface area (TPSA) is 114 Å². The third kappa shape index (κ3) is 3.96. The summed E-state index contributed by atoms with van der Waals surface area (Å²) in [5.74, 6) is -0.388. The highest BCUT2D eigenvalue weighted by Gasteiger charge is 2.41. The minimum Gasteiger partial charge on any atom is -0.322 e. The Bertz CT molecular complexity index is 963. The summed E-state index contributed by atoms with van der Waals surface area (Å²) in [4.78, 5) is 12.9. The van der Waals surface area contributed by atoms with E-state index in [2.05, 4.69) is 20.2 Å². The zero-order valence-electron chi connectivity index (χ0n) is 16.7. The first-order chi connectivity index (χ1) is 13.1. The van der Waals surface area contributed by atoms with E-state index in [1.54, 1.807) is 21.8 Å². The quantitative estimate of drug-likeness (QED) is 0.770. The standard InChI is InChI=1S/C17H27N7O3S/c1-6-23-10-14(12(4)20-23)15-7-16(22(5)28(26,27)21-15)17(25)19-13-8-18-24(9-13)11(2)3/h8-11,15-16,21H,6-7H2,1-5H3,(H,19,25)/t15-,16-/m1/s1. The SMILES string of the molecule is CCn1cc([C@H]2C[C@H](C(=O)Nc3cnn(C(C)C)c3)N(C)S(=O)(=O)N2)c(C)n1. The van der Waals surface area contributed by atoms with E-state index in [0.29, 0.717) is 18.7 Å². The second kappa shape index (κ2) is 7.64. The Morgan fingerprint density at radius 3 is 2.68 bits per heavy atom. The molecular weight excluding hydrogens is 382 g/mol. The van der Waals surface area contributed by atoms with Crippen LogP contribution < -0.4 is 10.0 Å². The number of amides is 1. The molecule has 0 radical (unpaired) electrons. The largest absolute Gasteiger partial charge is 0.322 e. The molecule has 154 valence electrons. The Morgan fingerprint density at radius 2 is 2.11 bits per heavy atom. The smallest absolute Gasteiger partial charge is 0.280 e. The molecule has 1 amide bonds. The Labute approximate surface area is 165 Å². The summed E-state index contributed by atoms with van der Waals surface area (Å²) in [7, 11) is -2.40. The van der Waals surface area contributed by atoms with E-state index < -0.39 is 22.3 Å². The number of aromatic nitrogens is 4. The van der Waals surface area contributed by atoms with Crippen molar-refractivity contribution in [1.82, 2.24) is 28.6 Å². The van der Waals surface area contributed by atoms with Crippen LogP contribution in [0.1, 0.15) is 50.5 Å². The van der Waals surface area contributed by atoms with Gasteiger partial charge in [-0.15, -0.1) is 0 Å². The number of likely N-dealkylation sites (N-methyl/N-ethyl adjacent to an activating group) is 1. The summed E-state index contributed by atoms with van der Waals surface area (Å²) in [5, 5.41) is 11.4. The van der Waals surface area contributed by atoms with E-state index in [-0.39, 0.29) is 11.9 Å². The maximum absolute atomic E-state index is 12.9. The van der Waals surface area contributed by atoms with Crippen LogP contribution in [-0.2, 0) is 21.5 Å². The predicted molar refractivity (Wildman–Crippen MR) is 105 cm³/mol. The Balaban J connectivity index is 1.83. The molecule has 0 spiro atoms. The van der Waals surface area contributed by atoms with E-state index in [9.17, 15) is 13.2 Å². The third-order valence-corrected chi connectivity index (χ3v) is 6.55. The van der Waals surface area contributed by atoms with Gasteiger partial charge in [0.25, 0.3) is 10.2 Å². The molecule has 1 aliphatic rings. The predicted octanol–water partition coefficient (Wildman–Crippen LogP) is 1.21.